The molecule has 112 valence electrons. The van der Waals surface area contributed by atoms with Gasteiger partial charge in [-0.25, -0.2) is 9.97 Å². The van der Waals surface area contributed by atoms with Crippen molar-refractivity contribution >= 4 is 11.6 Å². The summed E-state index contributed by atoms with van der Waals surface area (Å²) in [4.78, 5) is 7.98. The minimum Gasteiger partial charge on any atom is -0.370 e. The van der Waals surface area contributed by atoms with Crippen LogP contribution in [0.3, 0.4) is 0 Å². The first-order chi connectivity index (χ1) is 10.0. The fraction of sp³-hybridized carbons (Fsp3) is 0.286. The Morgan fingerprint density at radius 3 is 2.38 bits per heavy atom. The summed E-state index contributed by atoms with van der Waals surface area (Å²) in [5.74, 6) is 1.09. The van der Waals surface area contributed by atoms with Crippen molar-refractivity contribution in [3.05, 3.63) is 47.8 Å². The second kappa shape index (κ2) is 6.43. The quantitative estimate of drug-likeness (QED) is 0.886. The molecule has 0 aliphatic heterocycles. The third-order valence-electron chi connectivity index (χ3n) is 2.81. The van der Waals surface area contributed by atoms with Gasteiger partial charge in [0.25, 0.3) is 0 Å². The Morgan fingerprint density at radius 1 is 1.05 bits per heavy atom. The van der Waals surface area contributed by atoms with Gasteiger partial charge in [0.05, 0.1) is 5.56 Å². The van der Waals surface area contributed by atoms with Crippen molar-refractivity contribution in [1.29, 1.82) is 0 Å². The molecule has 2 aromatic rings. The van der Waals surface area contributed by atoms with E-state index in [0.29, 0.717) is 18.2 Å². The molecule has 0 aliphatic carbocycles. The fourth-order valence-corrected chi connectivity index (χ4v) is 1.87. The summed E-state index contributed by atoms with van der Waals surface area (Å²) in [6.07, 6.45) is -3.01. The van der Waals surface area contributed by atoms with Crippen molar-refractivity contribution in [3.63, 3.8) is 0 Å². The van der Waals surface area contributed by atoms with E-state index in [1.165, 1.54) is 18.5 Å². The van der Waals surface area contributed by atoms with Gasteiger partial charge < -0.3 is 10.6 Å². The number of nitrogens with one attached hydrogen (secondary N) is 2. The predicted octanol–water partition coefficient (Wildman–Crippen LogP) is 3.54. The zero-order chi connectivity index (χ0) is 15.3. The van der Waals surface area contributed by atoms with Crippen LogP contribution >= 0.6 is 0 Å². The van der Waals surface area contributed by atoms with Gasteiger partial charge in [0, 0.05) is 19.2 Å². The lowest BCUT2D eigenvalue weighted by molar-refractivity contribution is -0.138. The van der Waals surface area contributed by atoms with Gasteiger partial charge in [0.2, 0.25) is 0 Å². The maximum Gasteiger partial charge on any atom is 0.416 e. The van der Waals surface area contributed by atoms with E-state index in [1.54, 1.807) is 12.1 Å². The number of aromatic nitrogens is 2. The van der Waals surface area contributed by atoms with Gasteiger partial charge in [-0.2, -0.15) is 13.2 Å². The topological polar surface area (TPSA) is 49.8 Å². The number of hydrogen-bond acceptors (Lipinski definition) is 4. The Kier molecular flexibility index (Phi) is 4.62. The van der Waals surface area contributed by atoms with E-state index in [9.17, 15) is 13.2 Å². The number of benzene rings is 1. The van der Waals surface area contributed by atoms with Gasteiger partial charge in [0.1, 0.15) is 18.0 Å². The van der Waals surface area contributed by atoms with E-state index in [0.717, 1.165) is 6.07 Å². The van der Waals surface area contributed by atoms with Gasteiger partial charge in [-0.1, -0.05) is 18.2 Å². The number of rotatable bonds is 5. The smallest absolute Gasteiger partial charge is 0.370 e. The maximum atomic E-state index is 12.9. The number of hydrogen-bond donors (Lipinski definition) is 2. The van der Waals surface area contributed by atoms with Gasteiger partial charge in [-0.05, 0) is 18.6 Å². The largest absolute Gasteiger partial charge is 0.416 e. The lowest BCUT2D eigenvalue weighted by Crippen LogP contribution is -2.12. The second-order valence-electron chi connectivity index (χ2n) is 4.33. The average Bonchev–Trinajstić information content (AvgIpc) is 2.45. The molecule has 0 atom stereocenters. The molecule has 1 aromatic heterocycles. The first-order valence-corrected chi connectivity index (χ1v) is 6.45. The van der Waals surface area contributed by atoms with Crippen molar-refractivity contribution in [2.75, 3.05) is 17.2 Å². The van der Waals surface area contributed by atoms with Crippen LogP contribution in [0.1, 0.15) is 18.1 Å². The molecule has 1 aromatic carbocycles. The molecule has 0 saturated heterocycles. The summed E-state index contributed by atoms with van der Waals surface area (Å²) < 4.78 is 38.6. The molecule has 0 saturated carbocycles. The molecule has 1 heterocycles. The Morgan fingerprint density at radius 2 is 1.71 bits per heavy atom. The Balaban J connectivity index is 2.12. The molecule has 0 radical (unpaired) electrons. The molecule has 0 unspecified atom stereocenters. The van der Waals surface area contributed by atoms with E-state index in [-0.39, 0.29) is 12.1 Å². The number of anilines is 2. The summed E-state index contributed by atoms with van der Waals surface area (Å²) in [7, 11) is 0. The summed E-state index contributed by atoms with van der Waals surface area (Å²) in [6, 6.07) is 7.12. The molecular weight excluding hydrogens is 281 g/mol. The van der Waals surface area contributed by atoms with E-state index in [2.05, 4.69) is 20.6 Å². The molecule has 0 fully saturated rings. The maximum absolute atomic E-state index is 12.9. The number of nitrogens with zero attached hydrogens (tertiary/aromatic N) is 2. The Bertz CT molecular complexity index is 599. The van der Waals surface area contributed by atoms with Gasteiger partial charge in [-0.3, -0.25) is 0 Å². The first kappa shape index (κ1) is 15.1. The van der Waals surface area contributed by atoms with Crippen molar-refractivity contribution in [2.24, 2.45) is 0 Å². The minimum atomic E-state index is -4.36. The average molecular weight is 296 g/mol. The van der Waals surface area contributed by atoms with Crippen LogP contribution in [-0.4, -0.2) is 16.5 Å². The van der Waals surface area contributed by atoms with Crippen LogP contribution in [-0.2, 0) is 12.7 Å². The molecule has 7 heteroatoms. The fourth-order valence-electron chi connectivity index (χ4n) is 1.87. The lowest BCUT2D eigenvalue weighted by atomic mass is 10.1. The van der Waals surface area contributed by atoms with E-state index in [4.69, 9.17) is 0 Å². The number of halogens is 3. The summed E-state index contributed by atoms with van der Waals surface area (Å²) >= 11 is 0. The van der Waals surface area contributed by atoms with Gasteiger partial charge in [0.15, 0.2) is 0 Å². The molecule has 0 bridgehead atoms. The van der Waals surface area contributed by atoms with Crippen LogP contribution in [0.25, 0.3) is 0 Å². The lowest BCUT2D eigenvalue weighted by Gasteiger charge is -2.13. The SMILES string of the molecule is CCNc1cc(NCc2ccccc2C(F)(F)F)ncn1. The molecule has 0 aliphatic rings. The zero-order valence-electron chi connectivity index (χ0n) is 11.4. The van der Waals surface area contributed by atoms with Crippen molar-refractivity contribution in [1.82, 2.24) is 9.97 Å². The third kappa shape index (κ3) is 4.08. The van der Waals surface area contributed by atoms with Crippen LogP contribution in [0.5, 0.6) is 0 Å². The van der Waals surface area contributed by atoms with Gasteiger partial charge in [-0.15, -0.1) is 0 Å². The highest BCUT2D eigenvalue weighted by molar-refractivity contribution is 5.47. The summed E-state index contributed by atoms with van der Waals surface area (Å²) in [5.41, 5.74) is -0.466. The predicted molar refractivity (Wildman–Crippen MR) is 75.0 cm³/mol. The van der Waals surface area contributed by atoms with E-state index >= 15 is 0 Å². The summed E-state index contributed by atoms with van der Waals surface area (Å²) in [5, 5.41) is 5.89. The van der Waals surface area contributed by atoms with Crippen LogP contribution in [0.4, 0.5) is 24.8 Å². The molecular formula is C14H15F3N4. The van der Waals surface area contributed by atoms with Crippen LogP contribution in [0.15, 0.2) is 36.7 Å². The number of alkyl halides is 3. The highest BCUT2D eigenvalue weighted by atomic mass is 19.4. The monoisotopic (exact) mass is 296 g/mol. The molecule has 2 rings (SSSR count). The van der Waals surface area contributed by atoms with Crippen LogP contribution < -0.4 is 10.6 Å². The molecule has 0 spiro atoms. The van der Waals surface area contributed by atoms with Crippen molar-refractivity contribution in [2.45, 2.75) is 19.6 Å². The van der Waals surface area contributed by atoms with E-state index in [1.807, 2.05) is 6.92 Å². The van der Waals surface area contributed by atoms with Crippen LogP contribution in [0.2, 0.25) is 0 Å². The van der Waals surface area contributed by atoms with Crippen molar-refractivity contribution < 1.29 is 13.2 Å². The van der Waals surface area contributed by atoms with Crippen LogP contribution in [0, 0.1) is 0 Å². The third-order valence-corrected chi connectivity index (χ3v) is 2.81. The highest BCUT2D eigenvalue weighted by Crippen LogP contribution is 2.32. The molecule has 21 heavy (non-hydrogen) atoms. The Hall–Kier alpha value is -2.31. The van der Waals surface area contributed by atoms with Gasteiger partial charge >= 0.3 is 6.18 Å². The van der Waals surface area contributed by atoms with E-state index < -0.39 is 11.7 Å². The molecule has 2 N–H and O–H groups in total. The normalized spacial score (nSPS) is 11.2. The zero-order valence-corrected chi connectivity index (χ0v) is 11.4. The molecule has 4 nitrogen and oxygen atoms in total. The Labute approximate surface area is 120 Å². The second-order valence-corrected chi connectivity index (χ2v) is 4.33. The highest BCUT2D eigenvalue weighted by Gasteiger charge is 2.32. The molecule has 0 amide bonds. The minimum absolute atomic E-state index is 0.0399. The first-order valence-electron chi connectivity index (χ1n) is 6.45. The van der Waals surface area contributed by atoms with Crippen molar-refractivity contribution in [3.8, 4) is 0 Å². The standard InChI is InChI=1S/C14H15F3N4/c1-2-18-12-7-13(21-9-20-12)19-8-10-5-3-4-6-11(10)14(15,16)17/h3-7,9H,2,8H2,1H3,(H2,18,19,20,21). The summed E-state index contributed by atoms with van der Waals surface area (Å²) in [6.45, 7) is 2.67.